The second kappa shape index (κ2) is 12.5. The minimum atomic E-state index is -0.788. The molecular weight excluding hydrogens is 507 g/mol. The van der Waals surface area contributed by atoms with Crippen molar-refractivity contribution in [2.75, 3.05) is 6.61 Å². The van der Waals surface area contributed by atoms with E-state index in [1.54, 1.807) is 23.1 Å². The van der Waals surface area contributed by atoms with E-state index in [2.05, 4.69) is 5.32 Å². The number of amides is 2. The predicted octanol–water partition coefficient (Wildman–Crippen LogP) is 6.54. The van der Waals surface area contributed by atoms with E-state index in [1.807, 2.05) is 83.1 Å². The summed E-state index contributed by atoms with van der Waals surface area (Å²) in [5.41, 5.74) is 3.19. The number of nitrogens with one attached hydrogen (secondary N) is 1. The molecule has 0 aliphatic rings. The minimum absolute atomic E-state index is 0.125. The molecule has 37 heavy (non-hydrogen) atoms. The Morgan fingerprint density at radius 3 is 2.30 bits per heavy atom. The lowest BCUT2D eigenvalue weighted by atomic mass is 10.0. The maximum Gasteiger partial charge on any atom is 0.261 e. The highest BCUT2D eigenvalue weighted by Gasteiger charge is 2.33. The fourth-order valence-corrected chi connectivity index (χ4v) is 4.49. The first-order valence-electron chi connectivity index (χ1n) is 12.2. The summed E-state index contributed by atoms with van der Waals surface area (Å²) in [4.78, 5) is 28.9. The summed E-state index contributed by atoms with van der Waals surface area (Å²) in [6, 6.07) is 19.8. The molecule has 2 amide bonds. The molecule has 0 fully saturated rings. The number of hydrogen-bond donors (Lipinski definition) is 1. The second-order valence-corrected chi connectivity index (χ2v) is 11.1. The third kappa shape index (κ3) is 8.51. The zero-order valence-electron chi connectivity index (χ0n) is 22.0. The Kier molecular flexibility index (Phi) is 9.63. The Labute approximate surface area is 229 Å². The second-order valence-electron chi connectivity index (χ2n) is 10.3. The Balaban J connectivity index is 1.97. The van der Waals surface area contributed by atoms with Crippen LogP contribution in [0.1, 0.15) is 43.0 Å². The number of carbonyl (C=O) groups excluding carboxylic acids is 2. The summed E-state index contributed by atoms with van der Waals surface area (Å²) in [6.45, 7) is 9.58. The van der Waals surface area contributed by atoms with Crippen LogP contribution < -0.4 is 10.1 Å². The van der Waals surface area contributed by atoms with Crippen molar-refractivity contribution < 1.29 is 14.3 Å². The fraction of sp³-hybridized carbons (Fsp3) is 0.333. The largest absolute Gasteiger partial charge is 0.483 e. The average Bonchev–Trinajstić information content (AvgIpc) is 2.81. The number of nitrogens with zero attached hydrogens (tertiary/aromatic N) is 1. The van der Waals surface area contributed by atoms with Crippen LogP contribution in [0, 0.1) is 13.8 Å². The Morgan fingerprint density at radius 2 is 1.68 bits per heavy atom. The maximum atomic E-state index is 13.7. The number of aryl methyl sites for hydroxylation is 2. The zero-order valence-corrected chi connectivity index (χ0v) is 23.5. The third-order valence-corrected chi connectivity index (χ3v) is 6.39. The van der Waals surface area contributed by atoms with Crippen LogP contribution in [0.5, 0.6) is 5.75 Å². The van der Waals surface area contributed by atoms with E-state index in [1.165, 1.54) is 0 Å². The van der Waals surface area contributed by atoms with E-state index in [-0.39, 0.29) is 25.0 Å². The van der Waals surface area contributed by atoms with Gasteiger partial charge in [0.15, 0.2) is 6.61 Å². The standard InChI is InChI=1S/C30H34Cl2N2O3/c1-20-11-14-27(21(2)15-20)37-19-28(35)34(18-23-12-13-24(31)17-25(23)32)26(29(36)33-30(3,4)5)16-22-9-7-6-8-10-22/h6-15,17,26H,16,18-19H2,1-5H3,(H,33,36)/t26-/m0/s1. The van der Waals surface area contributed by atoms with Gasteiger partial charge in [0.2, 0.25) is 5.91 Å². The van der Waals surface area contributed by atoms with Crippen molar-refractivity contribution in [1.82, 2.24) is 10.2 Å². The third-order valence-electron chi connectivity index (χ3n) is 5.81. The molecule has 0 aliphatic carbocycles. The van der Waals surface area contributed by atoms with Gasteiger partial charge < -0.3 is 15.0 Å². The highest BCUT2D eigenvalue weighted by molar-refractivity contribution is 6.35. The van der Waals surface area contributed by atoms with Gasteiger partial charge in [0.05, 0.1) is 0 Å². The molecule has 0 saturated carbocycles. The predicted molar refractivity (Wildman–Crippen MR) is 150 cm³/mol. The van der Waals surface area contributed by atoms with Crippen LogP contribution in [0.15, 0.2) is 66.7 Å². The number of rotatable bonds is 9. The molecule has 0 heterocycles. The Hall–Kier alpha value is -3.02. The first kappa shape index (κ1) is 28.5. The van der Waals surface area contributed by atoms with E-state index < -0.39 is 11.6 Å². The normalized spacial score (nSPS) is 12.1. The molecule has 1 atom stereocenters. The summed E-state index contributed by atoms with van der Waals surface area (Å²) in [5, 5.41) is 3.97. The quantitative estimate of drug-likeness (QED) is 0.335. The van der Waals surface area contributed by atoms with E-state index in [4.69, 9.17) is 27.9 Å². The molecule has 7 heteroatoms. The van der Waals surface area contributed by atoms with Gasteiger partial charge in [0.1, 0.15) is 11.8 Å². The number of ether oxygens (including phenoxy) is 1. The molecule has 0 radical (unpaired) electrons. The summed E-state index contributed by atoms with van der Waals surface area (Å²) >= 11 is 12.6. The number of carbonyl (C=O) groups is 2. The fourth-order valence-electron chi connectivity index (χ4n) is 4.02. The smallest absolute Gasteiger partial charge is 0.261 e. The van der Waals surface area contributed by atoms with Gasteiger partial charge in [0, 0.05) is 28.5 Å². The molecule has 0 bridgehead atoms. The van der Waals surface area contributed by atoms with Crippen LogP contribution in [0.4, 0.5) is 0 Å². The van der Waals surface area contributed by atoms with Crippen molar-refractivity contribution in [2.45, 2.75) is 59.2 Å². The van der Waals surface area contributed by atoms with Crippen LogP contribution in [0.25, 0.3) is 0 Å². The Bertz CT molecular complexity index is 1240. The van der Waals surface area contributed by atoms with Gasteiger partial charge >= 0.3 is 0 Å². The minimum Gasteiger partial charge on any atom is -0.483 e. The molecular formula is C30H34Cl2N2O3. The van der Waals surface area contributed by atoms with Crippen LogP contribution in [-0.2, 0) is 22.6 Å². The summed E-state index contributed by atoms with van der Waals surface area (Å²) < 4.78 is 5.93. The molecule has 0 aliphatic heterocycles. The molecule has 0 aromatic heterocycles. The van der Waals surface area contributed by atoms with Crippen molar-refractivity contribution in [3.8, 4) is 5.75 Å². The van der Waals surface area contributed by atoms with Crippen molar-refractivity contribution in [3.63, 3.8) is 0 Å². The molecule has 3 rings (SSSR count). The lowest BCUT2D eigenvalue weighted by Crippen LogP contribution is -2.55. The zero-order chi connectivity index (χ0) is 27.2. The average molecular weight is 542 g/mol. The molecule has 1 N–H and O–H groups in total. The van der Waals surface area contributed by atoms with Crippen LogP contribution >= 0.6 is 23.2 Å². The highest BCUT2D eigenvalue weighted by atomic mass is 35.5. The molecule has 0 spiro atoms. The number of halogens is 2. The summed E-state index contributed by atoms with van der Waals surface area (Å²) in [6.07, 6.45) is 0.337. The number of hydrogen-bond acceptors (Lipinski definition) is 3. The van der Waals surface area contributed by atoms with E-state index in [0.29, 0.717) is 27.8 Å². The maximum absolute atomic E-state index is 13.7. The highest BCUT2D eigenvalue weighted by Crippen LogP contribution is 2.25. The van der Waals surface area contributed by atoms with Gasteiger partial charge in [-0.25, -0.2) is 0 Å². The summed E-state index contributed by atoms with van der Waals surface area (Å²) in [7, 11) is 0. The molecule has 5 nitrogen and oxygen atoms in total. The topological polar surface area (TPSA) is 58.6 Å². The molecule has 196 valence electrons. The summed E-state index contributed by atoms with van der Waals surface area (Å²) in [5.74, 6) is 0.0551. The molecule has 0 unspecified atom stereocenters. The lowest BCUT2D eigenvalue weighted by molar-refractivity contribution is -0.143. The first-order chi connectivity index (χ1) is 17.4. The van der Waals surface area contributed by atoms with E-state index in [9.17, 15) is 9.59 Å². The van der Waals surface area contributed by atoms with Gasteiger partial charge in [-0.05, 0) is 69.5 Å². The monoisotopic (exact) mass is 540 g/mol. The van der Waals surface area contributed by atoms with Crippen LogP contribution in [0.3, 0.4) is 0 Å². The van der Waals surface area contributed by atoms with Gasteiger partial charge in [-0.15, -0.1) is 0 Å². The molecule has 3 aromatic carbocycles. The first-order valence-corrected chi connectivity index (χ1v) is 13.0. The van der Waals surface area contributed by atoms with E-state index in [0.717, 1.165) is 16.7 Å². The van der Waals surface area contributed by atoms with Gasteiger partial charge in [-0.1, -0.05) is 77.3 Å². The van der Waals surface area contributed by atoms with Gasteiger partial charge in [-0.2, -0.15) is 0 Å². The van der Waals surface area contributed by atoms with Gasteiger partial charge in [-0.3, -0.25) is 9.59 Å². The molecule has 0 saturated heterocycles. The van der Waals surface area contributed by atoms with Crippen molar-refractivity contribution in [3.05, 3.63) is 99.0 Å². The lowest BCUT2D eigenvalue weighted by Gasteiger charge is -2.34. The van der Waals surface area contributed by atoms with Gasteiger partial charge in [0.25, 0.3) is 5.91 Å². The van der Waals surface area contributed by atoms with Crippen molar-refractivity contribution in [2.24, 2.45) is 0 Å². The number of benzene rings is 3. The van der Waals surface area contributed by atoms with Crippen molar-refractivity contribution in [1.29, 1.82) is 0 Å². The SMILES string of the molecule is Cc1ccc(OCC(=O)N(Cc2ccc(Cl)cc2Cl)[C@@H](Cc2ccccc2)C(=O)NC(C)(C)C)c(C)c1. The molecule has 3 aromatic rings. The van der Waals surface area contributed by atoms with Crippen LogP contribution in [0.2, 0.25) is 10.0 Å². The van der Waals surface area contributed by atoms with Crippen LogP contribution in [-0.4, -0.2) is 34.9 Å². The van der Waals surface area contributed by atoms with E-state index >= 15 is 0 Å². The van der Waals surface area contributed by atoms with Crippen molar-refractivity contribution >= 4 is 35.0 Å². The Morgan fingerprint density at radius 1 is 0.973 bits per heavy atom.